The molecule has 2 heterocycles. The maximum Gasteiger partial charge on any atom is 0.348 e. The number of anilines is 1. The number of esters is 2. The van der Waals surface area contributed by atoms with Crippen LogP contribution in [0.3, 0.4) is 0 Å². The van der Waals surface area contributed by atoms with Crippen LogP contribution in [0, 0.1) is 6.92 Å². The molecule has 2 rings (SSSR count). The minimum atomic E-state index is -0.573. The number of ether oxygens (including phenoxy) is 3. The first-order valence-corrected chi connectivity index (χ1v) is 10.5. The number of carbonyl (C=O) groups excluding carboxylic acids is 3. The first-order chi connectivity index (χ1) is 13.9. The second kappa shape index (κ2) is 11.1. The van der Waals surface area contributed by atoms with Gasteiger partial charge in [-0.05, 0) is 26.3 Å². The lowest BCUT2D eigenvalue weighted by Crippen LogP contribution is -2.50. The van der Waals surface area contributed by atoms with Gasteiger partial charge in [0.25, 0.3) is 0 Å². The molecule has 162 valence electrons. The molecule has 0 aliphatic carbocycles. The highest BCUT2D eigenvalue weighted by atomic mass is 32.1. The molecule has 9 nitrogen and oxygen atoms in total. The van der Waals surface area contributed by atoms with Crippen molar-refractivity contribution in [2.24, 2.45) is 0 Å². The SMILES string of the molecule is CCOC(=O)c1sc(NC(=O)N2CCN(CCOC)CC2)c(C(=O)OCC)c1C. The molecule has 2 amide bonds. The lowest BCUT2D eigenvalue weighted by molar-refractivity contribution is 0.0527. The molecule has 1 aromatic heterocycles. The van der Waals surface area contributed by atoms with Crippen LogP contribution in [0.2, 0.25) is 0 Å². The van der Waals surface area contributed by atoms with Crippen molar-refractivity contribution in [2.45, 2.75) is 20.8 Å². The number of piperazine rings is 1. The highest BCUT2D eigenvalue weighted by Gasteiger charge is 2.29. The molecular weight excluding hydrogens is 398 g/mol. The third kappa shape index (κ3) is 5.91. The van der Waals surface area contributed by atoms with Gasteiger partial charge in [0.15, 0.2) is 0 Å². The topological polar surface area (TPSA) is 97.4 Å². The number of hydrogen-bond donors (Lipinski definition) is 1. The molecule has 0 aromatic carbocycles. The molecule has 1 N–H and O–H groups in total. The Hall–Kier alpha value is -2.17. The Balaban J connectivity index is 2.14. The van der Waals surface area contributed by atoms with E-state index in [9.17, 15) is 14.4 Å². The zero-order chi connectivity index (χ0) is 21.4. The molecular formula is C19H29N3O6S. The van der Waals surface area contributed by atoms with Crippen molar-refractivity contribution in [3.8, 4) is 0 Å². The molecule has 0 spiro atoms. The van der Waals surface area contributed by atoms with Crippen LogP contribution >= 0.6 is 11.3 Å². The maximum absolute atomic E-state index is 12.7. The fourth-order valence-electron chi connectivity index (χ4n) is 3.01. The normalized spacial score (nSPS) is 14.6. The molecule has 29 heavy (non-hydrogen) atoms. The standard InChI is InChI=1S/C19H29N3O6S/c1-5-27-17(23)14-13(3)15(18(24)28-6-2)29-16(14)20-19(25)22-9-7-21(8-10-22)11-12-26-4/h5-12H2,1-4H3,(H,20,25). The van der Waals surface area contributed by atoms with Crippen LogP contribution in [0.25, 0.3) is 0 Å². The molecule has 1 saturated heterocycles. The number of hydrogen-bond acceptors (Lipinski definition) is 8. The van der Waals surface area contributed by atoms with E-state index in [1.807, 2.05) is 0 Å². The van der Waals surface area contributed by atoms with E-state index in [2.05, 4.69) is 10.2 Å². The van der Waals surface area contributed by atoms with E-state index in [4.69, 9.17) is 14.2 Å². The van der Waals surface area contributed by atoms with Crippen LogP contribution in [-0.4, -0.2) is 87.4 Å². The minimum absolute atomic E-state index is 0.194. The summed E-state index contributed by atoms with van der Waals surface area (Å²) in [5.41, 5.74) is 0.651. The van der Waals surface area contributed by atoms with Crippen LogP contribution in [0.1, 0.15) is 39.4 Å². The van der Waals surface area contributed by atoms with Gasteiger partial charge in [-0.1, -0.05) is 0 Å². The quantitative estimate of drug-likeness (QED) is 0.635. The summed E-state index contributed by atoms with van der Waals surface area (Å²) < 4.78 is 15.3. The fraction of sp³-hybridized carbons (Fsp3) is 0.632. The van der Waals surface area contributed by atoms with E-state index in [0.717, 1.165) is 31.0 Å². The van der Waals surface area contributed by atoms with Gasteiger partial charge in [0.05, 0.1) is 25.4 Å². The summed E-state index contributed by atoms with van der Waals surface area (Å²) in [6, 6.07) is -0.307. The van der Waals surface area contributed by atoms with Gasteiger partial charge in [0.2, 0.25) is 0 Å². The summed E-state index contributed by atoms with van der Waals surface area (Å²) >= 11 is 1.03. The fourth-order valence-corrected chi connectivity index (χ4v) is 4.09. The zero-order valence-electron chi connectivity index (χ0n) is 17.4. The van der Waals surface area contributed by atoms with Gasteiger partial charge in [-0.3, -0.25) is 10.2 Å². The van der Waals surface area contributed by atoms with Crippen molar-refractivity contribution in [1.82, 2.24) is 9.80 Å². The van der Waals surface area contributed by atoms with E-state index in [-0.39, 0.29) is 29.7 Å². The van der Waals surface area contributed by atoms with Gasteiger partial charge in [-0.2, -0.15) is 0 Å². The number of thiophene rings is 1. The second-order valence-corrected chi connectivity index (χ2v) is 7.47. The third-order valence-electron chi connectivity index (χ3n) is 4.58. The number of rotatable bonds is 8. The highest BCUT2D eigenvalue weighted by Crippen LogP contribution is 2.34. The molecule has 10 heteroatoms. The molecule has 0 saturated carbocycles. The molecule has 1 aliphatic rings. The molecule has 0 atom stereocenters. The molecule has 1 aromatic rings. The van der Waals surface area contributed by atoms with Crippen LogP contribution in [0.4, 0.5) is 9.80 Å². The Morgan fingerprint density at radius 1 is 1.03 bits per heavy atom. The van der Waals surface area contributed by atoms with Crippen molar-refractivity contribution in [1.29, 1.82) is 0 Å². The van der Waals surface area contributed by atoms with Gasteiger partial charge in [-0.15, -0.1) is 11.3 Å². The summed E-state index contributed by atoms with van der Waals surface area (Å²) in [5, 5.41) is 3.09. The summed E-state index contributed by atoms with van der Waals surface area (Å²) in [7, 11) is 1.67. The number of amides is 2. The Kier molecular flexibility index (Phi) is 8.87. The van der Waals surface area contributed by atoms with Crippen molar-refractivity contribution >= 4 is 34.3 Å². The van der Waals surface area contributed by atoms with Crippen LogP contribution in [-0.2, 0) is 14.2 Å². The Labute approximate surface area is 174 Å². The Morgan fingerprint density at radius 2 is 1.66 bits per heavy atom. The Morgan fingerprint density at radius 3 is 2.24 bits per heavy atom. The summed E-state index contributed by atoms with van der Waals surface area (Å²) in [6.07, 6.45) is 0. The molecule has 1 aliphatic heterocycles. The Bertz CT molecular complexity index is 728. The van der Waals surface area contributed by atoms with E-state index in [1.54, 1.807) is 32.8 Å². The predicted molar refractivity (Wildman–Crippen MR) is 110 cm³/mol. The van der Waals surface area contributed by atoms with Gasteiger partial charge in [0, 0.05) is 39.8 Å². The first kappa shape index (κ1) is 23.1. The summed E-state index contributed by atoms with van der Waals surface area (Å²) in [4.78, 5) is 41.6. The predicted octanol–water partition coefficient (Wildman–Crippen LogP) is 2.21. The lowest BCUT2D eigenvalue weighted by Gasteiger charge is -2.34. The smallest absolute Gasteiger partial charge is 0.348 e. The summed E-state index contributed by atoms with van der Waals surface area (Å²) in [6.45, 7) is 9.59. The van der Waals surface area contributed by atoms with Crippen molar-refractivity contribution in [3.63, 3.8) is 0 Å². The zero-order valence-corrected chi connectivity index (χ0v) is 18.2. The van der Waals surface area contributed by atoms with E-state index < -0.39 is 11.9 Å². The number of nitrogens with zero attached hydrogens (tertiary/aromatic N) is 2. The van der Waals surface area contributed by atoms with E-state index >= 15 is 0 Å². The van der Waals surface area contributed by atoms with Crippen molar-refractivity contribution in [3.05, 3.63) is 16.0 Å². The second-order valence-electron chi connectivity index (χ2n) is 6.45. The summed E-state index contributed by atoms with van der Waals surface area (Å²) in [5.74, 6) is -1.09. The van der Waals surface area contributed by atoms with Gasteiger partial charge < -0.3 is 19.1 Å². The van der Waals surface area contributed by atoms with Crippen LogP contribution in [0.5, 0.6) is 0 Å². The monoisotopic (exact) mass is 427 g/mol. The third-order valence-corrected chi connectivity index (χ3v) is 5.77. The average Bonchev–Trinajstić information content (AvgIpc) is 3.03. The highest BCUT2D eigenvalue weighted by molar-refractivity contribution is 7.18. The number of carbonyl (C=O) groups is 3. The number of methoxy groups -OCH3 is 1. The number of nitrogens with one attached hydrogen (secondary N) is 1. The molecule has 1 fully saturated rings. The van der Waals surface area contributed by atoms with Gasteiger partial charge >= 0.3 is 18.0 Å². The molecule has 0 unspecified atom stereocenters. The largest absolute Gasteiger partial charge is 0.462 e. The van der Waals surface area contributed by atoms with Gasteiger partial charge in [0.1, 0.15) is 9.88 Å². The van der Waals surface area contributed by atoms with Crippen molar-refractivity contribution < 1.29 is 28.6 Å². The average molecular weight is 428 g/mol. The van der Waals surface area contributed by atoms with Crippen LogP contribution < -0.4 is 5.32 Å². The van der Waals surface area contributed by atoms with E-state index in [1.165, 1.54) is 0 Å². The maximum atomic E-state index is 12.7. The minimum Gasteiger partial charge on any atom is -0.462 e. The number of urea groups is 1. The molecule has 0 radical (unpaired) electrons. The lowest BCUT2D eigenvalue weighted by atomic mass is 10.1. The van der Waals surface area contributed by atoms with Crippen LogP contribution in [0.15, 0.2) is 0 Å². The molecule has 0 bridgehead atoms. The van der Waals surface area contributed by atoms with Crippen molar-refractivity contribution in [2.75, 3.05) is 65.0 Å². The first-order valence-electron chi connectivity index (χ1n) is 9.67. The van der Waals surface area contributed by atoms with Gasteiger partial charge in [-0.25, -0.2) is 14.4 Å². The van der Waals surface area contributed by atoms with E-state index in [0.29, 0.717) is 30.3 Å².